The van der Waals surface area contributed by atoms with E-state index in [1.165, 1.54) is 0 Å². The van der Waals surface area contributed by atoms with Gasteiger partial charge < -0.3 is 5.32 Å². The summed E-state index contributed by atoms with van der Waals surface area (Å²) in [6.07, 6.45) is 0. The molecule has 0 aromatic heterocycles. The Kier molecular flexibility index (Phi) is 1.82. The summed E-state index contributed by atoms with van der Waals surface area (Å²) in [5.74, 6) is 1.01. The van der Waals surface area contributed by atoms with Crippen LogP contribution in [0.4, 0.5) is 0 Å². The molecule has 2 nitrogen and oxygen atoms in total. The minimum absolute atomic E-state index is 0.890. The van der Waals surface area contributed by atoms with E-state index in [-0.39, 0.29) is 0 Å². The predicted molar refractivity (Wildman–Crippen MR) is 50.3 cm³/mol. The van der Waals surface area contributed by atoms with Crippen molar-refractivity contribution in [2.45, 2.75) is 0 Å². The van der Waals surface area contributed by atoms with Crippen LogP contribution in [0.1, 0.15) is 11.1 Å². The van der Waals surface area contributed by atoms with Crippen LogP contribution >= 0.6 is 0 Å². The Labute approximate surface area is 72.3 Å². The van der Waals surface area contributed by atoms with E-state index >= 15 is 0 Å². The quantitative estimate of drug-likeness (QED) is 0.654. The summed E-state index contributed by atoms with van der Waals surface area (Å²) >= 11 is 0. The van der Waals surface area contributed by atoms with Crippen LogP contribution in [0.5, 0.6) is 0 Å². The maximum Gasteiger partial charge on any atom is 0.128 e. The van der Waals surface area contributed by atoms with Crippen molar-refractivity contribution in [1.82, 2.24) is 5.32 Å². The van der Waals surface area contributed by atoms with Gasteiger partial charge in [0.25, 0.3) is 0 Å². The molecule has 1 heterocycles. The first kappa shape index (κ1) is 7.35. The van der Waals surface area contributed by atoms with Crippen LogP contribution in [0, 0.1) is 6.92 Å². The SMILES string of the molecule is [CH2]c1ccc(C2=NCCN2)cc1. The van der Waals surface area contributed by atoms with Crippen molar-refractivity contribution in [3.63, 3.8) is 0 Å². The fourth-order valence-electron chi connectivity index (χ4n) is 1.25. The topological polar surface area (TPSA) is 24.4 Å². The van der Waals surface area contributed by atoms with Gasteiger partial charge >= 0.3 is 0 Å². The van der Waals surface area contributed by atoms with Gasteiger partial charge in [-0.2, -0.15) is 0 Å². The van der Waals surface area contributed by atoms with Crippen molar-refractivity contribution in [2.24, 2.45) is 4.99 Å². The Morgan fingerprint density at radius 2 is 2.00 bits per heavy atom. The smallest absolute Gasteiger partial charge is 0.128 e. The third-order valence-electron chi connectivity index (χ3n) is 1.90. The Hall–Kier alpha value is -1.31. The molecular weight excluding hydrogens is 148 g/mol. The van der Waals surface area contributed by atoms with Gasteiger partial charge in [-0.3, -0.25) is 4.99 Å². The summed E-state index contributed by atoms with van der Waals surface area (Å²) in [6.45, 7) is 5.68. The number of nitrogens with zero attached hydrogens (tertiary/aromatic N) is 1. The zero-order valence-corrected chi connectivity index (χ0v) is 6.88. The maximum absolute atomic E-state index is 4.32. The molecule has 1 aliphatic heterocycles. The normalized spacial score (nSPS) is 15.6. The van der Waals surface area contributed by atoms with Gasteiger partial charge in [0.15, 0.2) is 0 Å². The molecule has 0 spiro atoms. The second-order valence-electron chi connectivity index (χ2n) is 2.85. The van der Waals surface area contributed by atoms with E-state index in [4.69, 9.17) is 0 Å². The third-order valence-corrected chi connectivity index (χ3v) is 1.90. The van der Waals surface area contributed by atoms with Gasteiger partial charge in [0, 0.05) is 12.1 Å². The average molecular weight is 159 g/mol. The molecule has 1 aliphatic rings. The lowest BCUT2D eigenvalue weighted by Crippen LogP contribution is -2.19. The van der Waals surface area contributed by atoms with Crippen LogP contribution < -0.4 is 5.32 Å². The highest BCUT2D eigenvalue weighted by molar-refractivity contribution is 5.99. The van der Waals surface area contributed by atoms with Gasteiger partial charge in [-0.1, -0.05) is 24.3 Å². The van der Waals surface area contributed by atoms with E-state index in [0.717, 1.165) is 30.1 Å². The number of aliphatic imine (C=N–C) groups is 1. The lowest BCUT2D eigenvalue weighted by Gasteiger charge is -2.01. The van der Waals surface area contributed by atoms with Crippen LogP contribution in [0.2, 0.25) is 0 Å². The fraction of sp³-hybridized carbons (Fsp3) is 0.200. The van der Waals surface area contributed by atoms with Gasteiger partial charge in [0.1, 0.15) is 5.84 Å². The number of hydrogen-bond donors (Lipinski definition) is 1. The Morgan fingerprint density at radius 3 is 2.58 bits per heavy atom. The molecule has 0 saturated carbocycles. The monoisotopic (exact) mass is 159 g/mol. The van der Waals surface area contributed by atoms with Gasteiger partial charge in [-0.25, -0.2) is 0 Å². The molecule has 1 radical (unpaired) electrons. The van der Waals surface area contributed by atoms with Crippen LogP contribution in [0.25, 0.3) is 0 Å². The molecule has 1 aromatic carbocycles. The Bertz CT molecular complexity index is 298. The fourth-order valence-corrected chi connectivity index (χ4v) is 1.25. The average Bonchev–Trinajstić information content (AvgIpc) is 2.58. The minimum Gasteiger partial charge on any atom is -0.368 e. The van der Waals surface area contributed by atoms with E-state index in [0.29, 0.717) is 0 Å². The summed E-state index contributed by atoms with van der Waals surface area (Å²) in [5.41, 5.74) is 2.19. The lowest BCUT2D eigenvalue weighted by atomic mass is 10.1. The van der Waals surface area contributed by atoms with Crippen molar-refractivity contribution >= 4 is 5.84 Å². The molecule has 61 valence electrons. The molecule has 2 rings (SSSR count). The van der Waals surface area contributed by atoms with E-state index in [2.05, 4.69) is 17.2 Å². The molecule has 0 atom stereocenters. The molecule has 1 aromatic rings. The molecule has 0 unspecified atom stereocenters. The Balaban J connectivity index is 2.28. The number of nitrogens with one attached hydrogen (secondary N) is 1. The minimum atomic E-state index is 0.890. The van der Waals surface area contributed by atoms with Crippen LogP contribution in [-0.4, -0.2) is 18.9 Å². The third kappa shape index (κ3) is 1.33. The summed E-state index contributed by atoms with van der Waals surface area (Å²) in [6, 6.07) is 8.08. The highest BCUT2D eigenvalue weighted by Gasteiger charge is 2.06. The highest BCUT2D eigenvalue weighted by atomic mass is 15.1. The second-order valence-corrected chi connectivity index (χ2v) is 2.85. The van der Waals surface area contributed by atoms with E-state index in [9.17, 15) is 0 Å². The molecule has 0 bridgehead atoms. The first-order valence-corrected chi connectivity index (χ1v) is 4.07. The van der Waals surface area contributed by atoms with E-state index in [1.807, 2.05) is 24.3 Å². The van der Waals surface area contributed by atoms with Gasteiger partial charge in [0.05, 0.1) is 6.54 Å². The second kappa shape index (κ2) is 2.97. The molecule has 0 amide bonds. The van der Waals surface area contributed by atoms with Gasteiger partial charge in [0.2, 0.25) is 0 Å². The Morgan fingerprint density at radius 1 is 1.25 bits per heavy atom. The summed E-state index contributed by atoms with van der Waals surface area (Å²) < 4.78 is 0. The number of benzene rings is 1. The van der Waals surface area contributed by atoms with Crippen LogP contribution in [-0.2, 0) is 0 Å². The largest absolute Gasteiger partial charge is 0.368 e. The molecule has 0 fully saturated rings. The molecule has 0 aliphatic carbocycles. The van der Waals surface area contributed by atoms with Crippen molar-refractivity contribution in [3.05, 3.63) is 42.3 Å². The van der Waals surface area contributed by atoms with Crippen molar-refractivity contribution in [2.75, 3.05) is 13.1 Å². The molecule has 0 saturated heterocycles. The summed E-state index contributed by atoms with van der Waals surface area (Å²) in [4.78, 5) is 4.32. The highest BCUT2D eigenvalue weighted by Crippen LogP contribution is 2.05. The van der Waals surface area contributed by atoms with Gasteiger partial charge in [-0.15, -0.1) is 0 Å². The number of rotatable bonds is 1. The van der Waals surface area contributed by atoms with E-state index in [1.54, 1.807) is 0 Å². The van der Waals surface area contributed by atoms with Crippen molar-refractivity contribution in [1.29, 1.82) is 0 Å². The first-order chi connectivity index (χ1) is 5.86. The van der Waals surface area contributed by atoms with Gasteiger partial charge in [-0.05, 0) is 12.5 Å². The lowest BCUT2D eigenvalue weighted by molar-refractivity contribution is 0.960. The van der Waals surface area contributed by atoms with Crippen LogP contribution in [0.15, 0.2) is 29.3 Å². The summed E-state index contributed by atoms with van der Waals surface area (Å²) in [5, 5.41) is 3.22. The van der Waals surface area contributed by atoms with Crippen molar-refractivity contribution in [3.8, 4) is 0 Å². The molecule has 12 heavy (non-hydrogen) atoms. The molecular formula is C10H11N2. The summed E-state index contributed by atoms with van der Waals surface area (Å²) in [7, 11) is 0. The zero-order chi connectivity index (χ0) is 8.39. The molecule has 1 N–H and O–H groups in total. The first-order valence-electron chi connectivity index (χ1n) is 4.07. The standard InChI is InChI=1S/C10H11N2/c1-8-2-4-9(5-3-8)10-11-6-7-12-10/h2-5H,1,6-7H2,(H,11,12). The molecule has 2 heteroatoms. The number of amidine groups is 1. The predicted octanol–water partition coefficient (Wildman–Crippen LogP) is 1.22. The number of hydrogen-bond acceptors (Lipinski definition) is 2. The zero-order valence-electron chi connectivity index (χ0n) is 6.88. The van der Waals surface area contributed by atoms with Crippen molar-refractivity contribution < 1.29 is 0 Å². The van der Waals surface area contributed by atoms with Crippen LogP contribution in [0.3, 0.4) is 0 Å². The van der Waals surface area contributed by atoms with E-state index < -0.39 is 0 Å². The maximum atomic E-state index is 4.32.